The Hall–Kier alpha value is -0.940. The number of nitrogens with zero attached hydrogens (tertiary/aromatic N) is 3. The van der Waals surface area contributed by atoms with Gasteiger partial charge in [0.2, 0.25) is 5.89 Å². The summed E-state index contributed by atoms with van der Waals surface area (Å²) in [6.45, 7) is 6.68. The van der Waals surface area contributed by atoms with Crippen LogP contribution < -0.4 is 0 Å². The third-order valence-electron chi connectivity index (χ3n) is 1.88. The number of aliphatic hydroxyl groups is 1. The Morgan fingerprint density at radius 2 is 2.13 bits per heavy atom. The first-order valence-electron chi connectivity index (χ1n) is 5.13. The Balaban J connectivity index is 2.47. The average molecular weight is 213 g/mol. The van der Waals surface area contributed by atoms with Crippen LogP contribution in [-0.4, -0.2) is 39.3 Å². The van der Waals surface area contributed by atoms with Crippen molar-refractivity contribution in [2.45, 2.75) is 39.3 Å². The van der Waals surface area contributed by atoms with Crippen molar-refractivity contribution in [1.82, 2.24) is 15.0 Å². The Kier molecular flexibility index (Phi) is 3.82. The molecule has 0 saturated heterocycles. The standard InChI is InChI=1S/C10H19N3O2/c1-5-9-11-8(12-15-9)6-13(4)7-10(2,3)14/h14H,5-7H2,1-4H3. The molecule has 0 saturated carbocycles. The predicted octanol–water partition coefficient (Wildman–Crippen LogP) is 0.835. The van der Waals surface area contributed by atoms with Crippen LogP contribution in [0.3, 0.4) is 0 Å². The number of hydrogen-bond donors (Lipinski definition) is 1. The normalized spacial score (nSPS) is 12.4. The predicted molar refractivity (Wildman–Crippen MR) is 56.3 cm³/mol. The molecule has 0 amide bonds. The van der Waals surface area contributed by atoms with Gasteiger partial charge < -0.3 is 9.63 Å². The van der Waals surface area contributed by atoms with Gasteiger partial charge in [-0.15, -0.1) is 0 Å². The lowest BCUT2D eigenvalue weighted by Gasteiger charge is -2.24. The van der Waals surface area contributed by atoms with Crippen molar-refractivity contribution in [2.24, 2.45) is 0 Å². The SMILES string of the molecule is CCc1nc(CN(C)CC(C)(C)O)no1. The number of likely N-dealkylation sites (N-methyl/N-ethyl adjacent to an activating group) is 1. The monoisotopic (exact) mass is 213 g/mol. The summed E-state index contributed by atoms with van der Waals surface area (Å²) in [5.74, 6) is 1.32. The summed E-state index contributed by atoms with van der Waals surface area (Å²) in [7, 11) is 1.92. The highest BCUT2D eigenvalue weighted by Gasteiger charge is 2.17. The van der Waals surface area contributed by atoms with Crippen LogP contribution >= 0.6 is 0 Å². The van der Waals surface area contributed by atoms with Gasteiger partial charge in [-0.2, -0.15) is 4.98 Å². The van der Waals surface area contributed by atoms with Crippen LogP contribution in [-0.2, 0) is 13.0 Å². The van der Waals surface area contributed by atoms with Crippen LogP contribution in [0.15, 0.2) is 4.52 Å². The third-order valence-corrected chi connectivity index (χ3v) is 1.88. The van der Waals surface area contributed by atoms with Gasteiger partial charge in [-0.05, 0) is 20.9 Å². The van der Waals surface area contributed by atoms with Crippen LogP contribution in [0.4, 0.5) is 0 Å². The summed E-state index contributed by atoms with van der Waals surface area (Å²) in [6, 6.07) is 0. The van der Waals surface area contributed by atoms with Crippen molar-refractivity contribution in [3.63, 3.8) is 0 Å². The summed E-state index contributed by atoms with van der Waals surface area (Å²) in [4.78, 5) is 6.16. The molecule has 0 radical (unpaired) electrons. The van der Waals surface area contributed by atoms with Crippen molar-refractivity contribution >= 4 is 0 Å². The van der Waals surface area contributed by atoms with Crippen molar-refractivity contribution in [3.05, 3.63) is 11.7 Å². The van der Waals surface area contributed by atoms with Gasteiger partial charge in [-0.3, -0.25) is 4.90 Å². The van der Waals surface area contributed by atoms with Crippen molar-refractivity contribution in [1.29, 1.82) is 0 Å². The molecule has 5 nitrogen and oxygen atoms in total. The van der Waals surface area contributed by atoms with Gasteiger partial charge in [-0.1, -0.05) is 12.1 Å². The van der Waals surface area contributed by atoms with Gasteiger partial charge in [0.15, 0.2) is 5.82 Å². The molecule has 0 aromatic carbocycles. The van der Waals surface area contributed by atoms with E-state index in [-0.39, 0.29) is 0 Å². The fraction of sp³-hybridized carbons (Fsp3) is 0.800. The summed E-state index contributed by atoms with van der Waals surface area (Å²) >= 11 is 0. The first-order chi connectivity index (χ1) is 6.90. The molecule has 0 atom stereocenters. The molecule has 5 heteroatoms. The van der Waals surface area contributed by atoms with Crippen LogP contribution in [0.1, 0.15) is 32.5 Å². The summed E-state index contributed by atoms with van der Waals surface area (Å²) in [5, 5.41) is 13.5. The summed E-state index contributed by atoms with van der Waals surface area (Å²) < 4.78 is 4.99. The smallest absolute Gasteiger partial charge is 0.226 e. The van der Waals surface area contributed by atoms with Crippen molar-refractivity contribution < 1.29 is 9.63 Å². The van der Waals surface area contributed by atoms with E-state index in [1.54, 1.807) is 13.8 Å². The highest BCUT2D eigenvalue weighted by molar-refractivity contribution is 4.86. The van der Waals surface area contributed by atoms with Crippen molar-refractivity contribution in [2.75, 3.05) is 13.6 Å². The number of aromatic nitrogens is 2. The fourth-order valence-electron chi connectivity index (χ4n) is 1.46. The molecule has 0 bridgehead atoms. The molecule has 1 N–H and O–H groups in total. The highest BCUT2D eigenvalue weighted by Crippen LogP contribution is 2.06. The molecule has 15 heavy (non-hydrogen) atoms. The highest BCUT2D eigenvalue weighted by atomic mass is 16.5. The Morgan fingerprint density at radius 1 is 1.47 bits per heavy atom. The van der Waals surface area contributed by atoms with E-state index in [1.807, 2.05) is 18.9 Å². The maximum absolute atomic E-state index is 9.61. The second-order valence-corrected chi connectivity index (χ2v) is 4.44. The average Bonchev–Trinajstić information content (AvgIpc) is 2.48. The molecular formula is C10H19N3O2. The summed E-state index contributed by atoms with van der Waals surface area (Å²) in [5.41, 5.74) is -0.702. The molecular weight excluding hydrogens is 194 g/mol. The van der Waals surface area contributed by atoms with E-state index < -0.39 is 5.60 Å². The molecule has 1 aromatic rings. The Bertz CT molecular complexity index is 304. The van der Waals surface area contributed by atoms with E-state index in [9.17, 15) is 5.11 Å². The largest absolute Gasteiger partial charge is 0.389 e. The molecule has 1 rings (SSSR count). The zero-order chi connectivity index (χ0) is 11.5. The molecule has 0 aliphatic carbocycles. The first kappa shape index (κ1) is 12.1. The molecule has 0 aliphatic rings. The maximum Gasteiger partial charge on any atom is 0.226 e. The number of rotatable bonds is 5. The lowest BCUT2D eigenvalue weighted by Crippen LogP contribution is -2.36. The van der Waals surface area contributed by atoms with E-state index in [0.29, 0.717) is 24.8 Å². The molecule has 1 aromatic heterocycles. The maximum atomic E-state index is 9.61. The van der Waals surface area contributed by atoms with Crippen LogP contribution in [0.2, 0.25) is 0 Å². The van der Waals surface area contributed by atoms with E-state index in [1.165, 1.54) is 0 Å². The molecule has 1 heterocycles. The zero-order valence-corrected chi connectivity index (χ0v) is 9.82. The molecule has 0 spiro atoms. The third kappa shape index (κ3) is 4.40. The topological polar surface area (TPSA) is 62.4 Å². The van der Waals surface area contributed by atoms with E-state index in [0.717, 1.165) is 6.42 Å². The Morgan fingerprint density at radius 3 is 2.60 bits per heavy atom. The molecule has 0 unspecified atom stereocenters. The number of aryl methyl sites for hydroxylation is 1. The van der Waals surface area contributed by atoms with Crippen LogP contribution in [0, 0.1) is 0 Å². The van der Waals surface area contributed by atoms with E-state index >= 15 is 0 Å². The Labute approximate surface area is 90.1 Å². The van der Waals surface area contributed by atoms with Crippen LogP contribution in [0.25, 0.3) is 0 Å². The van der Waals surface area contributed by atoms with Gasteiger partial charge in [0, 0.05) is 13.0 Å². The van der Waals surface area contributed by atoms with Gasteiger partial charge in [0.05, 0.1) is 12.1 Å². The minimum absolute atomic E-state index is 0.572. The second kappa shape index (κ2) is 4.72. The van der Waals surface area contributed by atoms with Gasteiger partial charge in [-0.25, -0.2) is 0 Å². The second-order valence-electron chi connectivity index (χ2n) is 4.44. The molecule has 0 aliphatic heterocycles. The van der Waals surface area contributed by atoms with Gasteiger partial charge in [0.1, 0.15) is 0 Å². The molecule has 0 fully saturated rings. The van der Waals surface area contributed by atoms with Gasteiger partial charge in [0.25, 0.3) is 0 Å². The van der Waals surface area contributed by atoms with E-state index in [4.69, 9.17) is 4.52 Å². The number of hydrogen-bond acceptors (Lipinski definition) is 5. The minimum Gasteiger partial charge on any atom is -0.389 e. The fourth-order valence-corrected chi connectivity index (χ4v) is 1.46. The van der Waals surface area contributed by atoms with E-state index in [2.05, 4.69) is 10.1 Å². The first-order valence-corrected chi connectivity index (χ1v) is 5.13. The van der Waals surface area contributed by atoms with Crippen molar-refractivity contribution in [3.8, 4) is 0 Å². The van der Waals surface area contributed by atoms with Gasteiger partial charge >= 0.3 is 0 Å². The minimum atomic E-state index is -0.702. The molecule has 86 valence electrons. The lowest BCUT2D eigenvalue weighted by molar-refractivity contribution is 0.0416. The zero-order valence-electron chi connectivity index (χ0n) is 9.82. The van der Waals surface area contributed by atoms with Crippen LogP contribution in [0.5, 0.6) is 0 Å². The quantitative estimate of drug-likeness (QED) is 0.785. The lowest BCUT2D eigenvalue weighted by atomic mass is 10.1. The summed E-state index contributed by atoms with van der Waals surface area (Å²) in [6.07, 6.45) is 0.752.